The molecule has 0 aliphatic carbocycles. The number of hydrogen-bond donors (Lipinski definition) is 2. The predicted octanol–water partition coefficient (Wildman–Crippen LogP) is 7.20. The highest BCUT2D eigenvalue weighted by Crippen LogP contribution is 2.47. The topological polar surface area (TPSA) is 115 Å². The number of fused-ring (bicyclic) bond motifs is 2. The molecule has 2 N–H and O–H groups in total. The van der Waals surface area contributed by atoms with Gasteiger partial charge in [-0.1, -0.05) is 23.7 Å². The van der Waals surface area contributed by atoms with Crippen LogP contribution in [0.25, 0.3) is 31.9 Å². The number of piperidine rings is 1. The summed E-state index contributed by atoms with van der Waals surface area (Å²) in [6.07, 6.45) is 2.18. The summed E-state index contributed by atoms with van der Waals surface area (Å²) in [6, 6.07) is 16.5. The van der Waals surface area contributed by atoms with Gasteiger partial charge in [0.2, 0.25) is 10.0 Å². The molecule has 2 saturated heterocycles. The Labute approximate surface area is 303 Å². The van der Waals surface area contributed by atoms with Crippen molar-refractivity contribution in [3.8, 4) is 21.7 Å². The summed E-state index contributed by atoms with van der Waals surface area (Å²) in [6.45, 7) is 10.6. The molecule has 3 aliphatic heterocycles. The highest BCUT2D eigenvalue weighted by atomic mass is 35.5. The second-order valence-electron chi connectivity index (χ2n) is 14.9. The lowest BCUT2D eigenvalue weighted by Crippen LogP contribution is -2.62. The molecule has 4 aromatic rings. The fourth-order valence-electron chi connectivity index (χ4n) is 7.76. The van der Waals surface area contributed by atoms with Crippen molar-refractivity contribution >= 4 is 54.8 Å². The van der Waals surface area contributed by atoms with Gasteiger partial charge in [0.15, 0.2) is 6.10 Å². The van der Waals surface area contributed by atoms with Crippen molar-refractivity contribution in [1.29, 1.82) is 0 Å². The van der Waals surface area contributed by atoms with Gasteiger partial charge in [0, 0.05) is 47.9 Å². The third-order valence-corrected chi connectivity index (χ3v) is 12.8. The van der Waals surface area contributed by atoms with E-state index in [1.165, 1.54) is 11.8 Å². The van der Waals surface area contributed by atoms with Crippen LogP contribution in [0.15, 0.2) is 48.5 Å². The van der Waals surface area contributed by atoms with Crippen molar-refractivity contribution in [2.75, 3.05) is 44.9 Å². The number of rotatable bonds is 8. The van der Waals surface area contributed by atoms with Crippen LogP contribution in [0.4, 0.5) is 5.69 Å². The largest absolute Gasteiger partial charge is 0.479 e. The van der Waals surface area contributed by atoms with Gasteiger partial charge in [0.05, 0.1) is 33.8 Å². The third kappa shape index (κ3) is 6.79. The molecule has 1 aromatic heterocycles. The van der Waals surface area contributed by atoms with Crippen LogP contribution in [-0.4, -0.2) is 89.8 Å². The number of carboxylic acid groups (broad SMARTS) is 1. The molecular formula is C37H44ClN5O5S2. The van der Waals surface area contributed by atoms with Gasteiger partial charge < -0.3 is 15.3 Å². The number of sulfonamides is 1. The molecule has 1 unspecified atom stereocenters. The first-order valence-corrected chi connectivity index (χ1v) is 20.1. The molecule has 13 heteroatoms. The molecule has 50 heavy (non-hydrogen) atoms. The summed E-state index contributed by atoms with van der Waals surface area (Å²) >= 11 is 7.85. The summed E-state index contributed by atoms with van der Waals surface area (Å²) in [5.74, 6) is -0.600. The van der Waals surface area contributed by atoms with Gasteiger partial charge in [-0.3, -0.25) is 4.90 Å². The highest BCUT2D eigenvalue weighted by Gasteiger charge is 2.41. The zero-order valence-corrected chi connectivity index (χ0v) is 31.6. The fourth-order valence-corrected chi connectivity index (χ4v) is 9.89. The molecule has 4 heterocycles. The normalized spacial score (nSPS) is 20.5. The van der Waals surface area contributed by atoms with E-state index in [4.69, 9.17) is 21.3 Å². The van der Waals surface area contributed by atoms with Crippen LogP contribution in [0, 0.1) is 12.8 Å². The van der Waals surface area contributed by atoms with Gasteiger partial charge >= 0.3 is 5.97 Å². The number of ether oxygens (including phenoxy) is 1. The first-order valence-electron chi connectivity index (χ1n) is 17.0. The molecule has 0 radical (unpaired) electrons. The monoisotopic (exact) mass is 737 g/mol. The van der Waals surface area contributed by atoms with Crippen LogP contribution >= 0.6 is 22.9 Å². The van der Waals surface area contributed by atoms with E-state index >= 15 is 0 Å². The third-order valence-electron chi connectivity index (χ3n) is 10.2. The van der Waals surface area contributed by atoms with Crippen molar-refractivity contribution < 1.29 is 23.1 Å². The molecule has 3 aliphatic rings. The minimum absolute atomic E-state index is 0.194. The van der Waals surface area contributed by atoms with Crippen molar-refractivity contribution in [1.82, 2.24) is 19.2 Å². The Morgan fingerprint density at radius 1 is 1.08 bits per heavy atom. The van der Waals surface area contributed by atoms with Crippen LogP contribution in [0.2, 0.25) is 5.02 Å². The predicted molar refractivity (Wildman–Crippen MR) is 200 cm³/mol. The highest BCUT2D eigenvalue weighted by molar-refractivity contribution is 7.88. The Bertz CT molecular complexity index is 2050. The summed E-state index contributed by atoms with van der Waals surface area (Å²) in [7, 11) is -1.02. The van der Waals surface area contributed by atoms with Gasteiger partial charge in [-0.25, -0.2) is 23.2 Å². The van der Waals surface area contributed by atoms with Crippen molar-refractivity contribution in [3.05, 3.63) is 70.2 Å². The summed E-state index contributed by atoms with van der Waals surface area (Å²) in [5.41, 5.74) is 10.1. The van der Waals surface area contributed by atoms with E-state index in [1.807, 2.05) is 58.0 Å². The zero-order valence-electron chi connectivity index (χ0n) is 29.2. The summed E-state index contributed by atoms with van der Waals surface area (Å²) in [5, 5.41) is 14.1. The van der Waals surface area contributed by atoms with Gasteiger partial charge in [0.25, 0.3) is 0 Å². The minimum Gasteiger partial charge on any atom is -0.479 e. The molecule has 10 nitrogen and oxygen atoms in total. The first kappa shape index (κ1) is 35.3. The van der Waals surface area contributed by atoms with E-state index in [1.54, 1.807) is 15.6 Å². The van der Waals surface area contributed by atoms with Gasteiger partial charge in [-0.05, 0) is 113 Å². The lowest BCUT2D eigenvalue weighted by molar-refractivity contribution is -0.160. The number of halogens is 1. The molecule has 0 spiro atoms. The molecule has 266 valence electrons. The lowest BCUT2D eigenvalue weighted by Gasteiger charge is -2.47. The summed E-state index contributed by atoms with van der Waals surface area (Å²) in [4.78, 5) is 20.3. The van der Waals surface area contributed by atoms with Crippen LogP contribution in [0.3, 0.4) is 0 Å². The molecule has 7 rings (SSSR count). The van der Waals surface area contributed by atoms with E-state index in [-0.39, 0.29) is 6.04 Å². The van der Waals surface area contributed by atoms with E-state index in [9.17, 15) is 18.3 Å². The van der Waals surface area contributed by atoms with Gasteiger partial charge in [-0.2, -0.15) is 4.31 Å². The second kappa shape index (κ2) is 13.1. The lowest BCUT2D eigenvalue weighted by atomic mass is 9.84. The Morgan fingerprint density at radius 2 is 1.74 bits per heavy atom. The maximum Gasteiger partial charge on any atom is 0.337 e. The SMILES string of the molecule is Cc1cc2nc(-c3ccc4c(c3)C(C3CCN(C5CN(S(C)(=O)=O)C5)CC3)N(C)N4)sc2c(-c2ccc(Cl)cc2)c1[C@H](OC(C)(C)C)C(=O)O. The van der Waals surface area contributed by atoms with E-state index in [0.717, 1.165) is 69.1 Å². The number of aliphatic carboxylic acids is 1. The average molecular weight is 738 g/mol. The smallest absolute Gasteiger partial charge is 0.337 e. The Kier molecular flexibility index (Phi) is 9.28. The Hall–Kier alpha value is -3.10. The van der Waals surface area contributed by atoms with Gasteiger partial charge in [0.1, 0.15) is 5.01 Å². The number of hydrazine groups is 1. The van der Waals surface area contributed by atoms with E-state index in [0.29, 0.717) is 35.6 Å². The number of nitrogens with zero attached hydrogens (tertiary/aromatic N) is 4. The van der Waals surface area contributed by atoms with Crippen molar-refractivity contribution in [3.63, 3.8) is 0 Å². The van der Waals surface area contributed by atoms with Crippen LogP contribution in [0.5, 0.6) is 0 Å². The number of nitrogens with one attached hydrogen (secondary N) is 1. The second-order valence-corrected chi connectivity index (χ2v) is 18.3. The number of thiazole rings is 1. The number of benzene rings is 3. The number of carboxylic acids is 1. The number of aryl methyl sites for hydroxylation is 1. The Morgan fingerprint density at radius 3 is 2.36 bits per heavy atom. The molecule has 0 saturated carbocycles. The number of likely N-dealkylation sites (tertiary alicyclic amines) is 1. The van der Waals surface area contributed by atoms with Crippen molar-refractivity contribution in [2.24, 2.45) is 5.92 Å². The average Bonchev–Trinajstić information content (AvgIpc) is 3.58. The fraction of sp³-hybridized carbons (Fsp3) is 0.459. The van der Waals surface area contributed by atoms with Gasteiger partial charge in [-0.15, -0.1) is 11.3 Å². The molecule has 2 atom stereocenters. The number of aromatic nitrogens is 1. The minimum atomic E-state index is -3.12. The standard InChI is InChI=1S/C37H44ClN5O5S2/c1-21-17-29-34(31(22-7-10-25(38)11-8-22)30(21)33(36(44)45)48-37(2,3)4)49-35(39-29)24-9-12-28-27(18-24)32(41(5)40-28)23-13-15-42(16-14-23)26-19-43(20-26)50(6,46)47/h7-12,17-18,23,26,32-33,40H,13-16,19-20H2,1-6H3,(H,44,45)/t32?,33-/m0/s1. The van der Waals surface area contributed by atoms with Crippen molar-refractivity contribution in [2.45, 2.75) is 64.3 Å². The first-order chi connectivity index (χ1) is 23.6. The number of anilines is 1. The van der Waals surface area contributed by atoms with E-state index in [2.05, 4.69) is 40.6 Å². The maximum atomic E-state index is 12.8. The molecule has 3 aromatic carbocycles. The maximum absolute atomic E-state index is 12.8. The number of carbonyl (C=O) groups is 1. The quantitative estimate of drug-likeness (QED) is 0.194. The Balaban J connectivity index is 1.22. The van der Waals surface area contributed by atoms with E-state index < -0.39 is 27.7 Å². The molecular weight excluding hydrogens is 694 g/mol. The number of hydrogen-bond acceptors (Lipinski definition) is 9. The molecule has 2 fully saturated rings. The zero-order chi connectivity index (χ0) is 35.7. The van der Waals surface area contributed by atoms with Crippen LogP contribution in [-0.2, 0) is 19.6 Å². The van der Waals surface area contributed by atoms with Crippen LogP contribution in [0.1, 0.15) is 62.4 Å². The molecule has 0 bridgehead atoms. The molecule has 0 amide bonds. The summed E-state index contributed by atoms with van der Waals surface area (Å²) < 4.78 is 32.4. The van der Waals surface area contributed by atoms with Crippen LogP contribution < -0.4 is 5.43 Å².